The molecule has 2 N–H and O–H groups in total. The Morgan fingerprint density at radius 2 is 1.70 bits per heavy atom. The molecule has 1 amide bonds. The van der Waals surface area contributed by atoms with Gasteiger partial charge in [0.2, 0.25) is 5.91 Å². The summed E-state index contributed by atoms with van der Waals surface area (Å²) in [6.45, 7) is 0.561. The summed E-state index contributed by atoms with van der Waals surface area (Å²) >= 11 is 0. The lowest BCUT2D eigenvalue weighted by molar-refractivity contribution is -0.115. The molecule has 0 atom stereocenters. The van der Waals surface area contributed by atoms with Crippen LogP contribution < -0.4 is 15.4 Å². The molecule has 0 aliphatic carbocycles. The lowest BCUT2D eigenvalue weighted by Crippen LogP contribution is -2.15. The lowest BCUT2D eigenvalue weighted by atomic mass is 10.1. The first-order chi connectivity index (χ1) is 13.1. The van der Waals surface area contributed by atoms with Crippen LogP contribution in [0.3, 0.4) is 0 Å². The van der Waals surface area contributed by atoms with E-state index in [2.05, 4.69) is 15.6 Å². The zero-order valence-corrected chi connectivity index (χ0v) is 14.9. The van der Waals surface area contributed by atoms with Gasteiger partial charge in [-0.15, -0.1) is 0 Å². The highest BCUT2D eigenvalue weighted by Crippen LogP contribution is 2.14. The fraction of sp³-hybridized carbons (Fsp3) is 0.143. The van der Waals surface area contributed by atoms with Crippen LogP contribution in [0.25, 0.3) is 0 Å². The first kappa shape index (κ1) is 18.4. The van der Waals surface area contributed by atoms with Gasteiger partial charge >= 0.3 is 0 Å². The van der Waals surface area contributed by atoms with Gasteiger partial charge in [0, 0.05) is 6.54 Å². The number of rotatable bonds is 7. The van der Waals surface area contributed by atoms with E-state index in [1.54, 1.807) is 31.5 Å². The average Bonchev–Trinajstić information content (AvgIpc) is 2.69. The normalized spacial score (nSPS) is 10.3. The Hall–Kier alpha value is -3.41. The van der Waals surface area contributed by atoms with Crippen LogP contribution in [0, 0.1) is 5.82 Å². The summed E-state index contributed by atoms with van der Waals surface area (Å²) in [6.07, 6.45) is 1.91. The number of aromatic nitrogens is 1. The number of ether oxygens (including phenoxy) is 1. The maximum absolute atomic E-state index is 12.9. The van der Waals surface area contributed by atoms with Gasteiger partial charge in [-0.05, 0) is 47.5 Å². The lowest BCUT2D eigenvalue weighted by Gasteiger charge is -2.08. The van der Waals surface area contributed by atoms with Crippen LogP contribution >= 0.6 is 0 Å². The largest absolute Gasteiger partial charge is 0.497 e. The fourth-order valence-corrected chi connectivity index (χ4v) is 2.49. The van der Waals surface area contributed by atoms with Gasteiger partial charge in [0.05, 0.1) is 25.4 Å². The van der Waals surface area contributed by atoms with E-state index < -0.39 is 0 Å². The third-order valence-corrected chi connectivity index (χ3v) is 3.96. The van der Waals surface area contributed by atoms with Gasteiger partial charge in [-0.3, -0.25) is 4.79 Å². The van der Waals surface area contributed by atoms with Crippen molar-refractivity contribution < 1.29 is 13.9 Å². The first-order valence-electron chi connectivity index (χ1n) is 8.49. The number of carbonyl (C=O) groups excluding carboxylic acids is 1. The molecule has 0 aliphatic rings. The van der Waals surface area contributed by atoms with Gasteiger partial charge in [-0.1, -0.05) is 24.3 Å². The van der Waals surface area contributed by atoms with E-state index in [0.717, 1.165) is 22.6 Å². The van der Waals surface area contributed by atoms with Gasteiger partial charge in [-0.25, -0.2) is 9.37 Å². The third-order valence-electron chi connectivity index (χ3n) is 3.96. The van der Waals surface area contributed by atoms with Crippen LogP contribution in [-0.2, 0) is 17.8 Å². The molecular formula is C21H20FN3O2. The molecule has 0 unspecified atom stereocenters. The fourth-order valence-electron chi connectivity index (χ4n) is 2.49. The number of halogens is 1. The van der Waals surface area contributed by atoms with Crippen LogP contribution in [-0.4, -0.2) is 18.0 Å². The summed E-state index contributed by atoms with van der Waals surface area (Å²) in [5.74, 6) is 0.847. The molecule has 3 aromatic rings. The summed E-state index contributed by atoms with van der Waals surface area (Å²) in [5, 5.41) is 5.98. The number of anilines is 2. The molecule has 27 heavy (non-hydrogen) atoms. The van der Waals surface area contributed by atoms with E-state index in [4.69, 9.17) is 4.74 Å². The SMILES string of the molecule is COc1ccc(CC(=O)Nc2ccc(NCc3ccc(F)cc3)cn2)cc1. The zero-order valence-electron chi connectivity index (χ0n) is 14.9. The second-order valence-corrected chi connectivity index (χ2v) is 5.99. The molecule has 0 saturated heterocycles. The van der Waals surface area contributed by atoms with E-state index in [1.807, 2.05) is 30.3 Å². The molecule has 0 bridgehead atoms. The summed E-state index contributed by atoms with van der Waals surface area (Å²) in [7, 11) is 1.60. The van der Waals surface area contributed by atoms with Gasteiger partial charge in [0.25, 0.3) is 0 Å². The second-order valence-electron chi connectivity index (χ2n) is 5.99. The second kappa shape index (κ2) is 8.80. The van der Waals surface area contributed by atoms with Crippen molar-refractivity contribution in [1.82, 2.24) is 4.98 Å². The van der Waals surface area contributed by atoms with Crippen LogP contribution in [0.5, 0.6) is 5.75 Å². The predicted molar refractivity (Wildman–Crippen MR) is 103 cm³/mol. The van der Waals surface area contributed by atoms with Gasteiger partial charge in [-0.2, -0.15) is 0 Å². The zero-order chi connectivity index (χ0) is 19.1. The number of pyridine rings is 1. The summed E-state index contributed by atoms with van der Waals surface area (Å²) in [4.78, 5) is 16.4. The van der Waals surface area contributed by atoms with Crippen LogP contribution in [0.1, 0.15) is 11.1 Å². The number of hydrogen-bond donors (Lipinski definition) is 2. The van der Waals surface area contributed by atoms with Crippen molar-refractivity contribution in [2.45, 2.75) is 13.0 Å². The molecule has 6 heteroatoms. The molecule has 0 saturated carbocycles. The maximum atomic E-state index is 12.9. The molecule has 1 aromatic heterocycles. The first-order valence-corrected chi connectivity index (χ1v) is 8.49. The summed E-state index contributed by atoms with van der Waals surface area (Å²) in [5.41, 5.74) is 2.67. The Labute approximate surface area is 157 Å². The number of hydrogen-bond acceptors (Lipinski definition) is 4. The van der Waals surface area contributed by atoms with Crippen molar-refractivity contribution >= 4 is 17.4 Å². The van der Waals surface area contributed by atoms with Crippen molar-refractivity contribution in [3.05, 3.63) is 83.8 Å². The van der Waals surface area contributed by atoms with Crippen molar-refractivity contribution in [1.29, 1.82) is 0 Å². The Morgan fingerprint density at radius 3 is 2.33 bits per heavy atom. The summed E-state index contributed by atoms with van der Waals surface area (Å²) in [6, 6.07) is 17.2. The van der Waals surface area contributed by atoms with Crippen molar-refractivity contribution in [3.8, 4) is 5.75 Å². The van der Waals surface area contributed by atoms with Crippen LogP contribution in [0.2, 0.25) is 0 Å². The molecular weight excluding hydrogens is 345 g/mol. The van der Waals surface area contributed by atoms with E-state index >= 15 is 0 Å². The van der Waals surface area contributed by atoms with E-state index in [0.29, 0.717) is 12.4 Å². The Bertz CT molecular complexity index is 879. The summed E-state index contributed by atoms with van der Waals surface area (Å²) < 4.78 is 18.0. The molecule has 1 heterocycles. The van der Waals surface area contributed by atoms with E-state index in [9.17, 15) is 9.18 Å². The molecule has 5 nitrogen and oxygen atoms in total. The number of nitrogens with zero attached hydrogens (tertiary/aromatic N) is 1. The van der Waals surface area contributed by atoms with Crippen molar-refractivity contribution in [2.75, 3.05) is 17.7 Å². The minimum absolute atomic E-state index is 0.139. The molecule has 138 valence electrons. The highest BCUT2D eigenvalue weighted by Gasteiger charge is 2.05. The molecule has 0 radical (unpaired) electrons. The average molecular weight is 365 g/mol. The number of amides is 1. The molecule has 0 fully saturated rings. The Balaban J connectivity index is 1.50. The van der Waals surface area contributed by atoms with Crippen LogP contribution in [0.15, 0.2) is 66.9 Å². The van der Waals surface area contributed by atoms with Crippen molar-refractivity contribution in [2.24, 2.45) is 0 Å². The van der Waals surface area contributed by atoms with E-state index in [-0.39, 0.29) is 18.1 Å². The third kappa shape index (κ3) is 5.54. The minimum atomic E-state index is -0.254. The topological polar surface area (TPSA) is 63.2 Å². The smallest absolute Gasteiger partial charge is 0.229 e. The standard InChI is InChI=1S/C21H20FN3O2/c1-27-19-9-4-15(5-10-19)12-21(26)25-20-11-8-18(14-24-20)23-13-16-2-6-17(22)7-3-16/h2-11,14,23H,12-13H2,1H3,(H,24,25,26). The predicted octanol–water partition coefficient (Wildman–Crippen LogP) is 4.02. The Kier molecular flexibility index (Phi) is 5.99. The van der Waals surface area contributed by atoms with E-state index in [1.165, 1.54) is 12.1 Å². The monoisotopic (exact) mass is 365 g/mol. The molecule has 0 aliphatic heterocycles. The van der Waals surface area contributed by atoms with Gasteiger partial charge in [0.1, 0.15) is 17.4 Å². The quantitative estimate of drug-likeness (QED) is 0.664. The number of carbonyl (C=O) groups is 1. The minimum Gasteiger partial charge on any atom is -0.497 e. The number of methoxy groups -OCH3 is 1. The molecule has 2 aromatic carbocycles. The number of nitrogens with one attached hydrogen (secondary N) is 2. The molecule has 0 spiro atoms. The van der Waals surface area contributed by atoms with Gasteiger partial charge < -0.3 is 15.4 Å². The Morgan fingerprint density at radius 1 is 1.00 bits per heavy atom. The number of benzene rings is 2. The molecule has 3 rings (SSSR count). The maximum Gasteiger partial charge on any atom is 0.229 e. The van der Waals surface area contributed by atoms with Crippen LogP contribution in [0.4, 0.5) is 15.9 Å². The van der Waals surface area contributed by atoms with Crippen molar-refractivity contribution in [3.63, 3.8) is 0 Å². The van der Waals surface area contributed by atoms with Gasteiger partial charge in [0.15, 0.2) is 0 Å². The highest BCUT2D eigenvalue weighted by atomic mass is 19.1. The highest BCUT2D eigenvalue weighted by molar-refractivity contribution is 5.91.